The molecule has 0 unspecified atom stereocenters. The molecular weight excluding hydrogens is 349 g/mol. The normalized spacial score (nSPS) is 10.3. The maximum absolute atomic E-state index is 13.6. The van der Waals surface area contributed by atoms with E-state index in [2.05, 4.69) is 4.98 Å². The van der Waals surface area contributed by atoms with E-state index in [-0.39, 0.29) is 9.03 Å². The van der Waals surface area contributed by atoms with E-state index < -0.39 is 16.4 Å². The van der Waals surface area contributed by atoms with Gasteiger partial charge in [-0.25, -0.2) is 4.39 Å². The van der Waals surface area contributed by atoms with E-state index in [1.807, 2.05) is 0 Å². The number of hydrogen-bond acceptors (Lipinski definition) is 3. The monoisotopic (exact) mass is 354 g/mol. The fourth-order valence-electron chi connectivity index (χ4n) is 1.51. The zero-order valence-electron chi connectivity index (χ0n) is 8.93. The highest BCUT2D eigenvalue weighted by atomic mass is 127. The van der Waals surface area contributed by atoms with Crippen LogP contribution in [-0.2, 0) is 0 Å². The molecule has 88 valence electrons. The molecule has 0 bridgehead atoms. The average Bonchev–Trinajstić information content (AvgIpc) is 2.34. The molecule has 1 heterocycles. The quantitative estimate of drug-likeness (QED) is 0.360. The third-order valence-corrected chi connectivity index (χ3v) is 3.42. The molecule has 4 nitrogen and oxygen atoms in total. The maximum atomic E-state index is 13.6. The van der Waals surface area contributed by atoms with Crippen molar-refractivity contribution >= 4 is 41.6 Å². The van der Waals surface area contributed by atoms with Crippen LogP contribution in [0.1, 0.15) is 0 Å². The fraction of sp³-hybridized carbons (Fsp3) is 0. The van der Waals surface area contributed by atoms with Gasteiger partial charge in [0.1, 0.15) is 11.4 Å². The third-order valence-electron chi connectivity index (χ3n) is 2.33. The van der Waals surface area contributed by atoms with Crippen molar-refractivity contribution in [3.8, 4) is 11.3 Å². The predicted molar refractivity (Wildman–Crippen MR) is 74.4 cm³/mol. The smallest absolute Gasteiger partial charge is 0.258 e. The minimum atomic E-state index is -1.01. The summed E-state index contributed by atoms with van der Waals surface area (Å²) in [6.07, 6.45) is 1.55. The van der Waals surface area contributed by atoms with Crippen molar-refractivity contribution < 1.29 is 9.31 Å². The summed E-state index contributed by atoms with van der Waals surface area (Å²) in [7, 11) is 5.45. The first-order chi connectivity index (χ1) is 8.52. The number of nitrogens with zero attached hydrogens (tertiary/aromatic N) is 2. The van der Waals surface area contributed by atoms with Crippen molar-refractivity contribution in [1.82, 2.24) is 4.98 Å². The Morgan fingerprint density at radius 3 is 2.72 bits per heavy atom. The van der Waals surface area contributed by atoms with E-state index in [0.29, 0.717) is 11.3 Å². The molecule has 1 aromatic carbocycles. The van der Waals surface area contributed by atoms with Gasteiger partial charge in [-0.05, 0) is 34.7 Å². The Balaban J connectivity index is 2.75. The molecule has 1 aromatic heterocycles. The second-order valence-corrected chi connectivity index (χ2v) is 4.54. The molecular formula is C11H5BFIN2O2. The summed E-state index contributed by atoms with van der Waals surface area (Å²) in [5.41, 5.74) is 0.0810. The lowest BCUT2D eigenvalue weighted by molar-refractivity contribution is -0.388. The molecule has 0 N–H and O–H groups in total. The van der Waals surface area contributed by atoms with Crippen molar-refractivity contribution in [2.24, 2.45) is 0 Å². The molecule has 0 aliphatic heterocycles. The van der Waals surface area contributed by atoms with Gasteiger partial charge in [0.15, 0.2) is 5.82 Å². The van der Waals surface area contributed by atoms with Gasteiger partial charge in [-0.2, -0.15) is 0 Å². The van der Waals surface area contributed by atoms with Crippen molar-refractivity contribution in [3.05, 3.63) is 50.0 Å². The lowest BCUT2D eigenvalue weighted by atomic mass is 9.92. The number of aromatic nitrogens is 1. The summed E-state index contributed by atoms with van der Waals surface area (Å²) >= 11 is 1.72. The van der Waals surface area contributed by atoms with Gasteiger partial charge in [0.05, 0.1) is 10.6 Å². The van der Waals surface area contributed by atoms with E-state index in [9.17, 15) is 14.5 Å². The van der Waals surface area contributed by atoms with Crippen LogP contribution in [0.25, 0.3) is 11.3 Å². The Kier molecular flexibility index (Phi) is 3.60. The van der Waals surface area contributed by atoms with Gasteiger partial charge in [-0.15, -0.1) is 0 Å². The molecule has 0 aliphatic rings. The summed E-state index contributed by atoms with van der Waals surface area (Å²) < 4.78 is 13.8. The Bertz CT molecular complexity index is 622. The summed E-state index contributed by atoms with van der Waals surface area (Å²) in [6.45, 7) is 0. The molecule has 0 amide bonds. The molecule has 7 heteroatoms. The molecule has 0 spiro atoms. The highest BCUT2D eigenvalue weighted by molar-refractivity contribution is 14.1. The second-order valence-electron chi connectivity index (χ2n) is 3.46. The molecule has 2 radical (unpaired) electrons. The number of rotatable bonds is 2. The maximum Gasteiger partial charge on any atom is 0.318 e. The lowest BCUT2D eigenvalue weighted by Gasteiger charge is -2.08. The van der Waals surface area contributed by atoms with E-state index >= 15 is 0 Å². The summed E-state index contributed by atoms with van der Waals surface area (Å²) in [6, 6.07) is 6.49. The molecule has 0 atom stereocenters. The minimum Gasteiger partial charge on any atom is -0.258 e. The third kappa shape index (κ3) is 2.22. The molecule has 0 aliphatic carbocycles. The van der Waals surface area contributed by atoms with E-state index in [0.717, 1.165) is 0 Å². The van der Waals surface area contributed by atoms with E-state index in [4.69, 9.17) is 7.85 Å². The van der Waals surface area contributed by atoms with Gasteiger partial charge in [0.2, 0.25) is 0 Å². The Labute approximate surface area is 117 Å². The second kappa shape index (κ2) is 5.01. The Hall–Kier alpha value is -1.51. The molecule has 2 rings (SSSR count). The van der Waals surface area contributed by atoms with Crippen LogP contribution in [0.3, 0.4) is 0 Å². The number of pyridine rings is 1. The standard InChI is InChI=1S/C11H5BFIN2O2/c12-7-5-6(8-3-1-2-4-15-8)10(14)11(9(7)13)16(17)18/h1-5H. The molecule has 0 fully saturated rings. The van der Waals surface area contributed by atoms with Crippen molar-refractivity contribution in [1.29, 1.82) is 0 Å². The number of halogens is 2. The highest BCUT2D eigenvalue weighted by Gasteiger charge is 2.24. The first-order valence-corrected chi connectivity index (χ1v) is 5.93. The predicted octanol–water partition coefficient (Wildman–Crippen LogP) is 2.19. The molecule has 0 saturated carbocycles. The van der Waals surface area contributed by atoms with Crippen LogP contribution in [0.2, 0.25) is 0 Å². The Morgan fingerprint density at radius 2 is 2.17 bits per heavy atom. The SMILES string of the molecule is [B]c1cc(-c2ccccn2)c(I)c([N+](=O)[O-])c1F. The van der Waals surface area contributed by atoms with Crippen molar-refractivity contribution in [3.63, 3.8) is 0 Å². The van der Waals surface area contributed by atoms with Gasteiger partial charge in [0, 0.05) is 11.8 Å². The van der Waals surface area contributed by atoms with Crippen LogP contribution in [0, 0.1) is 19.5 Å². The molecule has 0 saturated heterocycles. The van der Waals surface area contributed by atoms with Gasteiger partial charge in [-0.1, -0.05) is 17.6 Å². The summed E-state index contributed by atoms with van der Waals surface area (Å²) in [4.78, 5) is 14.2. The van der Waals surface area contributed by atoms with Gasteiger partial charge in [-0.3, -0.25) is 15.1 Å². The van der Waals surface area contributed by atoms with Gasteiger partial charge >= 0.3 is 5.69 Å². The van der Waals surface area contributed by atoms with Gasteiger partial charge < -0.3 is 0 Å². The average molecular weight is 354 g/mol. The van der Waals surface area contributed by atoms with Crippen LogP contribution in [-0.4, -0.2) is 17.8 Å². The Morgan fingerprint density at radius 1 is 1.44 bits per heavy atom. The fourth-order valence-corrected chi connectivity index (χ4v) is 2.38. The van der Waals surface area contributed by atoms with Crippen molar-refractivity contribution in [2.75, 3.05) is 0 Å². The zero-order chi connectivity index (χ0) is 13.3. The topological polar surface area (TPSA) is 56.0 Å². The number of nitro benzene ring substituents is 1. The minimum absolute atomic E-state index is 0.183. The molecule has 18 heavy (non-hydrogen) atoms. The number of benzene rings is 1. The van der Waals surface area contributed by atoms with Crippen LogP contribution < -0.4 is 5.46 Å². The first kappa shape index (κ1) is 12.9. The van der Waals surface area contributed by atoms with E-state index in [1.54, 1.807) is 47.0 Å². The number of hydrogen-bond donors (Lipinski definition) is 0. The van der Waals surface area contributed by atoms with Crippen LogP contribution in [0.4, 0.5) is 10.1 Å². The zero-order valence-corrected chi connectivity index (χ0v) is 11.1. The largest absolute Gasteiger partial charge is 0.318 e. The van der Waals surface area contributed by atoms with Crippen LogP contribution in [0.15, 0.2) is 30.5 Å². The first-order valence-electron chi connectivity index (χ1n) is 4.85. The number of nitro groups is 1. The lowest BCUT2D eigenvalue weighted by Crippen LogP contribution is -2.14. The summed E-state index contributed by atoms with van der Waals surface area (Å²) in [5, 5.41) is 10.9. The molecule has 2 aromatic rings. The van der Waals surface area contributed by atoms with Gasteiger partial charge in [0.25, 0.3) is 0 Å². The van der Waals surface area contributed by atoms with Crippen LogP contribution >= 0.6 is 22.6 Å². The van der Waals surface area contributed by atoms with E-state index in [1.165, 1.54) is 6.07 Å². The summed E-state index contributed by atoms with van der Waals surface area (Å²) in [5.74, 6) is -1.01. The van der Waals surface area contributed by atoms with Crippen molar-refractivity contribution in [2.45, 2.75) is 0 Å². The van der Waals surface area contributed by atoms with Crippen LogP contribution in [0.5, 0.6) is 0 Å². The highest BCUT2D eigenvalue weighted by Crippen LogP contribution is 2.31.